The van der Waals surface area contributed by atoms with Crippen molar-refractivity contribution in [1.82, 2.24) is 9.78 Å². The third-order valence-corrected chi connectivity index (χ3v) is 3.04. The number of esters is 1. The maximum atomic E-state index is 11.3. The van der Waals surface area contributed by atoms with Crippen LogP contribution in [0.4, 0.5) is 0 Å². The zero-order chi connectivity index (χ0) is 11.4. The lowest BCUT2D eigenvalue weighted by atomic mass is 10.2. The van der Waals surface area contributed by atoms with Crippen molar-refractivity contribution in [2.24, 2.45) is 7.05 Å². The number of hydrogen-bond donors (Lipinski definition) is 0. The number of hydrogen-bond acceptors (Lipinski definition) is 3. The third-order valence-electron chi connectivity index (χ3n) is 2.12. The predicted molar refractivity (Wildman–Crippen MR) is 60.6 cm³/mol. The second-order valence-electron chi connectivity index (χ2n) is 3.17. The Kier molecular flexibility index (Phi) is 4.32. The highest BCUT2D eigenvalue weighted by molar-refractivity contribution is 9.10. The number of halogens is 1. The average Bonchev–Trinajstić information content (AvgIpc) is 2.45. The lowest BCUT2D eigenvalue weighted by molar-refractivity contribution is -0.142. The van der Waals surface area contributed by atoms with Gasteiger partial charge in [0.2, 0.25) is 0 Å². The highest BCUT2D eigenvalue weighted by Gasteiger charge is 2.15. The fraction of sp³-hybridized carbons (Fsp3) is 0.600. The summed E-state index contributed by atoms with van der Waals surface area (Å²) < 4.78 is 7.54. The summed E-state index contributed by atoms with van der Waals surface area (Å²) in [5.74, 6) is -0.219. The van der Waals surface area contributed by atoms with Crippen LogP contribution in [0.15, 0.2) is 4.47 Å². The van der Waals surface area contributed by atoms with Crippen molar-refractivity contribution >= 4 is 21.9 Å². The van der Waals surface area contributed by atoms with Crippen LogP contribution in [0.25, 0.3) is 0 Å². The first-order chi connectivity index (χ1) is 7.10. The van der Waals surface area contributed by atoms with Crippen molar-refractivity contribution in [1.29, 1.82) is 0 Å². The molecule has 1 rings (SSSR count). The average molecular weight is 275 g/mol. The van der Waals surface area contributed by atoms with Gasteiger partial charge in [-0.3, -0.25) is 9.48 Å². The second kappa shape index (κ2) is 5.30. The van der Waals surface area contributed by atoms with Crippen LogP contribution in [0.5, 0.6) is 0 Å². The van der Waals surface area contributed by atoms with Crippen LogP contribution in [-0.2, 0) is 29.4 Å². The first kappa shape index (κ1) is 12.2. The lowest BCUT2D eigenvalue weighted by Gasteiger charge is -2.02. The molecule has 0 aromatic carbocycles. The molecule has 0 spiro atoms. The number of ether oxygens (including phenoxy) is 1. The Labute approximate surface area is 97.7 Å². The van der Waals surface area contributed by atoms with E-state index in [2.05, 4.69) is 21.0 Å². The van der Waals surface area contributed by atoms with E-state index in [9.17, 15) is 4.79 Å². The minimum Gasteiger partial charge on any atom is -0.466 e. The standard InChI is InChI=1S/C10H15BrN2O2/c1-4-7-10(11)8(13(3)12-7)6-9(14)15-5-2/h4-6H2,1-3H3. The summed E-state index contributed by atoms with van der Waals surface area (Å²) in [6.45, 7) is 4.24. The normalized spacial score (nSPS) is 10.4. The minimum atomic E-state index is -0.219. The predicted octanol–water partition coefficient (Wildman–Crippen LogP) is 1.85. The van der Waals surface area contributed by atoms with E-state index in [1.54, 1.807) is 11.6 Å². The van der Waals surface area contributed by atoms with E-state index >= 15 is 0 Å². The van der Waals surface area contributed by atoms with Crippen LogP contribution >= 0.6 is 15.9 Å². The van der Waals surface area contributed by atoms with E-state index < -0.39 is 0 Å². The number of aromatic nitrogens is 2. The van der Waals surface area contributed by atoms with Gasteiger partial charge < -0.3 is 4.74 Å². The van der Waals surface area contributed by atoms with E-state index in [1.807, 2.05) is 14.0 Å². The summed E-state index contributed by atoms with van der Waals surface area (Å²) in [5, 5.41) is 4.30. The van der Waals surface area contributed by atoms with Crippen LogP contribution in [-0.4, -0.2) is 22.4 Å². The van der Waals surface area contributed by atoms with E-state index in [-0.39, 0.29) is 12.4 Å². The summed E-state index contributed by atoms with van der Waals surface area (Å²) in [6, 6.07) is 0. The van der Waals surface area contributed by atoms with Crippen molar-refractivity contribution in [3.05, 3.63) is 15.9 Å². The quantitative estimate of drug-likeness (QED) is 0.788. The molecule has 0 fully saturated rings. The molecule has 1 heterocycles. The smallest absolute Gasteiger partial charge is 0.311 e. The van der Waals surface area contributed by atoms with Crippen molar-refractivity contribution in [3.8, 4) is 0 Å². The Morgan fingerprint density at radius 3 is 2.67 bits per heavy atom. The van der Waals surface area contributed by atoms with Gasteiger partial charge in [0.15, 0.2) is 0 Å². The van der Waals surface area contributed by atoms with Crippen LogP contribution in [0.3, 0.4) is 0 Å². The zero-order valence-electron chi connectivity index (χ0n) is 9.21. The Balaban J connectivity index is 2.85. The number of carbonyl (C=O) groups excluding carboxylic acids is 1. The monoisotopic (exact) mass is 274 g/mol. The summed E-state index contributed by atoms with van der Waals surface area (Å²) >= 11 is 3.45. The maximum Gasteiger partial charge on any atom is 0.311 e. The molecule has 4 nitrogen and oxygen atoms in total. The number of carbonyl (C=O) groups is 1. The fourth-order valence-corrected chi connectivity index (χ4v) is 2.12. The van der Waals surface area contributed by atoms with Gasteiger partial charge in [0, 0.05) is 7.05 Å². The molecule has 84 valence electrons. The maximum absolute atomic E-state index is 11.3. The molecule has 0 amide bonds. The van der Waals surface area contributed by atoms with Gasteiger partial charge in [0.05, 0.1) is 28.9 Å². The molecule has 15 heavy (non-hydrogen) atoms. The molecule has 5 heteroatoms. The minimum absolute atomic E-state index is 0.219. The van der Waals surface area contributed by atoms with Gasteiger partial charge in [-0.1, -0.05) is 6.92 Å². The number of nitrogens with zero attached hydrogens (tertiary/aromatic N) is 2. The van der Waals surface area contributed by atoms with Gasteiger partial charge in [-0.05, 0) is 29.3 Å². The van der Waals surface area contributed by atoms with Gasteiger partial charge in [-0.2, -0.15) is 5.10 Å². The molecule has 0 saturated heterocycles. The molecule has 0 atom stereocenters. The molecule has 0 unspecified atom stereocenters. The molecule has 0 N–H and O–H groups in total. The van der Waals surface area contributed by atoms with Gasteiger partial charge in [-0.15, -0.1) is 0 Å². The topological polar surface area (TPSA) is 44.1 Å². The second-order valence-corrected chi connectivity index (χ2v) is 3.96. The molecule has 0 aliphatic rings. The zero-order valence-corrected chi connectivity index (χ0v) is 10.8. The summed E-state index contributed by atoms with van der Waals surface area (Å²) in [6.07, 6.45) is 1.11. The summed E-state index contributed by atoms with van der Waals surface area (Å²) in [5.41, 5.74) is 1.84. The Bertz CT molecular complexity index is 361. The van der Waals surface area contributed by atoms with Crippen LogP contribution in [0, 0.1) is 0 Å². The highest BCUT2D eigenvalue weighted by Crippen LogP contribution is 2.22. The third kappa shape index (κ3) is 2.81. The van der Waals surface area contributed by atoms with Crippen molar-refractivity contribution < 1.29 is 9.53 Å². The SMILES string of the molecule is CCOC(=O)Cc1c(Br)c(CC)nn1C. The van der Waals surface area contributed by atoms with Crippen LogP contribution < -0.4 is 0 Å². The molecule has 0 saturated carbocycles. The van der Waals surface area contributed by atoms with E-state index in [0.29, 0.717) is 6.61 Å². The Morgan fingerprint density at radius 1 is 1.53 bits per heavy atom. The Hall–Kier alpha value is -0.840. The summed E-state index contributed by atoms with van der Waals surface area (Å²) in [4.78, 5) is 11.3. The molecule has 0 bridgehead atoms. The fourth-order valence-electron chi connectivity index (χ4n) is 1.36. The van der Waals surface area contributed by atoms with Gasteiger partial charge in [0.25, 0.3) is 0 Å². The number of rotatable bonds is 4. The molecule has 0 aliphatic heterocycles. The van der Waals surface area contributed by atoms with E-state index in [4.69, 9.17) is 4.74 Å². The number of aryl methyl sites for hydroxylation is 2. The molecule has 0 aliphatic carbocycles. The first-order valence-electron chi connectivity index (χ1n) is 4.96. The van der Waals surface area contributed by atoms with Crippen LogP contribution in [0.2, 0.25) is 0 Å². The van der Waals surface area contributed by atoms with Crippen molar-refractivity contribution in [3.63, 3.8) is 0 Å². The molecule has 0 radical (unpaired) electrons. The van der Waals surface area contributed by atoms with Crippen molar-refractivity contribution in [2.45, 2.75) is 26.7 Å². The first-order valence-corrected chi connectivity index (χ1v) is 5.75. The molecule has 1 aromatic rings. The van der Waals surface area contributed by atoms with Gasteiger partial charge >= 0.3 is 5.97 Å². The van der Waals surface area contributed by atoms with Gasteiger partial charge in [0.1, 0.15) is 0 Å². The van der Waals surface area contributed by atoms with Crippen molar-refractivity contribution in [2.75, 3.05) is 6.61 Å². The molecular formula is C10H15BrN2O2. The highest BCUT2D eigenvalue weighted by atomic mass is 79.9. The van der Waals surface area contributed by atoms with E-state index in [0.717, 1.165) is 22.3 Å². The molecular weight excluding hydrogens is 260 g/mol. The lowest BCUT2D eigenvalue weighted by Crippen LogP contribution is -2.11. The van der Waals surface area contributed by atoms with Gasteiger partial charge in [-0.25, -0.2) is 0 Å². The Morgan fingerprint density at radius 2 is 2.20 bits per heavy atom. The van der Waals surface area contributed by atoms with E-state index in [1.165, 1.54) is 0 Å². The molecule has 1 aromatic heterocycles. The largest absolute Gasteiger partial charge is 0.466 e. The van der Waals surface area contributed by atoms with Crippen LogP contribution in [0.1, 0.15) is 25.2 Å². The summed E-state index contributed by atoms with van der Waals surface area (Å²) in [7, 11) is 1.83.